The first-order valence-electron chi connectivity index (χ1n) is 3.84. The minimum Gasteiger partial charge on any atom is -0.394 e. The van der Waals surface area contributed by atoms with Crippen LogP contribution >= 0.6 is 0 Å². The van der Waals surface area contributed by atoms with E-state index in [9.17, 15) is 13.2 Å². The maximum absolute atomic E-state index is 12.1. The Balaban J connectivity index is 2.89. The standard InChI is InChI=1S/C8H9F3N2O/c9-8(10,11)7-2-1-5(3-13-7)6(12)4-14/h1-3,6,14H,4,12H2. The minimum atomic E-state index is -4.44. The quantitative estimate of drug-likeness (QED) is 0.761. The van der Waals surface area contributed by atoms with Crippen molar-refractivity contribution in [2.75, 3.05) is 6.61 Å². The number of aliphatic hydroxyl groups is 1. The Morgan fingerprint density at radius 2 is 2.07 bits per heavy atom. The molecule has 78 valence electrons. The van der Waals surface area contributed by atoms with Gasteiger partial charge >= 0.3 is 6.18 Å². The molecule has 0 spiro atoms. The number of alkyl halides is 3. The molecule has 3 nitrogen and oxygen atoms in total. The summed E-state index contributed by atoms with van der Waals surface area (Å²) in [4.78, 5) is 3.20. The van der Waals surface area contributed by atoms with Crippen molar-refractivity contribution in [2.24, 2.45) is 5.73 Å². The molecular formula is C8H9F3N2O. The third-order valence-corrected chi connectivity index (χ3v) is 1.70. The number of rotatable bonds is 2. The van der Waals surface area contributed by atoms with Crippen LogP contribution in [-0.2, 0) is 6.18 Å². The molecule has 0 amide bonds. The maximum atomic E-state index is 12.1. The third kappa shape index (κ3) is 2.43. The first-order valence-corrected chi connectivity index (χ1v) is 3.84. The van der Waals surface area contributed by atoms with Gasteiger partial charge in [0.25, 0.3) is 0 Å². The van der Waals surface area contributed by atoms with Gasteiger partial charge in [0.1, 0.15) is 5.69 Å². The second-order valence-electron chi connectivity index (χ2n) is 2.76. The molecular weight excluding hydrogens is 197 g/mol. The molecule has 1 heterocycles. The monoisotopic (exact) mass is 206 g/mol. The van der Waals surface area contributed by atoms with E-state index < -0.39 is 17.9 Å². The van der Waals surface area contributed by atoms with Crippen LogP contribution in [0.25, 0.3) is 0 Å². The van der Waals surface area contributed by atoms with E-state index in [-0.39, 0.29) is 6.61 Å². The van der Waals surface area contributed by atoms with Gasteiger partial charge in [-0.25, -0.2) is 0 Å². The fraction of sp³-hybridized carbons (Fsp3) is 0.375. The van der Waals surface area contributed by atoms with Crippen LogP contribution in [-0.4, -0.2) is 16.7 Å². The summed E-state index contributed by atoms with van der Waals surface area (Å²) in [5.74, 6) is 0. The van der Waals surface area contributed by atoms with Crippen molar-refractivity contribution in [3.05, 3.63) is 29.6 Å². The van der Waals surface area contributed by atoms with E-state index in [2.05, 4.69) is 4.98 Å². The molecule has 1 aromatic rings. The summed E-state index contributed by atoms with van der Waals surface area (Å²) >= 11 is 0. The molecule has 0 fully saturated rings. The predicted molar refractivity (Wildman–Crippen MR) is 43.3 cm³/mol. The number of pyridine rings is 1. The van der Waals surface area contributed by atoms with E-state index in [0.717, 1.165) is 12.3 Å². The molecule has 1 aromatic heterocycles. The number of halogens is 3. The zero-order valence-corrected chi connectivity index (χ0v) is 7.12. The Labute approximate surface area is 78.4 Å². The Kier molecular flexibility index (Phi) is 3.07. The molecule has 1 atom stereocenters. The van der Waals surface area contributed by atoms with E-state index in [1.165, 1.54) is 6.07 Å². The minimum absolute atomic E-state index is 0.326. The molecule has 3 N–H and O–H groups in total. The summed E-state index contributed by atoms with van der Waals surface area (Å²) in [7, 11) is 0. The summed E-state index contributed by atoms with van der Waals surface area (Å²) in [5, 5.41) is 8.64. The number of nitrogens with two attached hydrogens (primary N) is 1. The molecule has 0 aliphatic heterocycles. The molecule has 0 aliphatic carbocycles. The van der Waals surface area contributed by atoms with E-state index >= 15 is 0 Å². The summed E-state index contributed by atoms with van der Waals surface area (Å²) in [6.07, 6.45) is -3.43. The largest absolute Gasteiger partial charge is 0.433 e. The number of hydrogen-bond acceptors (Lipinski definition) is 3. The van der Waals surface area contributed by atoms with E-state index in [4.69, 9.17) is 10.8 Å². The Bertz CT molecular complexity index is 296. The molecule has 1 rings (SSSR count). The summed E-state index contributed by atoms with van der Waals surface area (Å²) < 4.78 is 36.2. The number of aromatic nitrogens is 1. The van der Waals surface area contributed by atoms with Gasteiger partial charge in [-0.1, -0.05) is 6.07 Å². The summed E-state index contributed by atoms with van der Waals surface area (Å²) in [6.45, 7) is -0.326. The van der Waals surface area contributed by atoms with Crippen molar-refractivity contribution >= 4 is 0 Å². The SMILES string of the molecule is NC(CO)c1ccc(C(F)(F)F)nc1. The molecule has 0 saturated heterocycles. The predicted octanol–water partition coefficient (Wildman–Crippen LogP) is 1.09. The first-order chi connectivity index (χ1) is 6.45. The van der Waals surface area contributed by atoms with Crippen LogP contribution in [0.1, 0.15) is 17.3 Å². The summed E-state index contributed by atoms with van der Waals surface area (Å²) in [6, 6.07) is 1.35. The van der Waals surface area contributed by atoms with Crippen molar-refractivity contribution in [1.82, 2.24) is 4.98 Å². The van der Waals surface area contributed by atoms with Gasteiger partial charge in [-0.2, -0.15) is 13.2 Å². The highest BCUT2D eigenvalue weighted by molar-refractivity contribution is 5.18. The van der Waals surface area contributed by atoms with Crippen molar-refractivity contribution in [1.29, 1.82) is 0 Å². The van der Waals surface area contributed by atoms with Crippen LogP contribution in [0.5, 0.6) is 0 Å². The zero-order valence-electron chi connectivity index (χ0n) is 7.12. The second-order valence-corrected chi connectivity index (χ2v) is 2.76. The molecule has 0 aliphatic rings. The topological polar surface area (TPSA) is 59.1 Å². The number of aliphatic hydroxyl groups excluding tert-OH is 1. The average molecular weight is 206 g/mol. The van der Waals surface area contributed by atoms with Crippen LogP contribution in [0, 0.1) is 0 Å². The van der Waals surface area contributed by atoms with Gasteiger partial charge in [0.2, 0.25) is 0 Å². The molecule has 0 radical (unpaired) electrons. The molecule has 0 saturated carbocycles. The smallest absolute Gasteiger partial charge is 0.394 e. The molecule has 6 heteroatoms. The second kappa shape index (κ2) is 3.93. The lowest BCUT2D eigenvalue weighted by molar-refractivity contribution is -0.141. The lowest BCUT2D eigenvalue weighted by atomic mass is 10.1. The van der Waals surface area contributed by atoms with Crippen molar-refractivity contribution in [3.8, 4) is 0 Å². The Hall–Kier alpha value is -1.14. The number of nitrogens with zero attached hydrogens (tertiary/aromatic N) is 1. The highest BCUT2D eigenvalue weighted by atomic mass is 19.4. The Morgan fingerprint density at radius 3 is 2.43 bits per heavy atom. The Morgan fingerprint density at radius 1 is 1.43 bits per heavy atom. The van der Waals surface area contributed by atoms with Gasteiger partial charge in [-0.05, 0) is 11.6 Å². The van der Waals surface area contributed by atoms with Gasteiger partial charge in [-0.3, -0.25) is 4.98 Å². The van der Waals surface area contributed by atoms with Crippen LogP contribution in [0.3, 0.4) is 0 Å². The van der Waals surface area contributed by atoms with E-state index in [1.54, 1.807) is 0 Å². The first kappa shape index (κ1) is 10.9. The van der Waals surface area contributed by atoms with Gasteiger partial charge in [-0.15, -0.1) is 0 Å². The number of hydrogen-bond donors (Lipinski definition) is 2. The van der Waals surface area contributed by atoms with Crippen LogP contribution in [0.15, 0.2) is 18.3 Å². The molecule has 1 unspecified atom stereocenters. The molecule has 0 bridgehead atoms. The maximum Gasteiger partial charge on any atom is 0.433 e. The van der Waals surface area contributed by atoms with Crippen molar-refractivity contribution < 1.29 is 18.3 Å². The lowest BCUT2D eigenvalue weighted by Crippen LogP contribution is -2.16. The van der Waals surface area contributed by atoms with Crippen molar-refractivity contribution in [3.63, 3.8) is 0 Å². The van der Waals surface area contributed by atoms with Gasteiger partial charge in [0.15, 0.2) is 0 Å². The summed E-state index contributed by atoms with van der Waals surface area (Å²) in [5.41, 5.74) is 4.79. The van der Waals surface area contributed by atoms with Crippen LogP contribution in [0.4, 0.5) is 13.2 Å². The van der Waals surface area contributed by atoms with Crippen LogP contribution in [0.2, 0.25) is 0 Å². The highest BCUT2D eigenvalue weighted by Gasteiger charge is 2.32. The highest BCUT2D eigenvalue weighted by Crippen LogP contribution is 2.27. The van der Waals surface area contributed by atoms with Crippen LogP contribution < -0.4 is 5.73 Å². The third-order valence-electron chi connectivity index (χ3n) is 1.70. The van der Waals surface area contributed by atoms with Gasteiger partial charge < -0.3 is 10.8 Å². The zero-order chi connectivity index (χ0) is 10.8. The van der Waals surface area contributed by atoms with Gasteiger partial charge in [0, 0.05) is 6.20 Å². The average Bonchev–Trinajstić information content (AvgIpc) is 2.15. The van der Waals surface area contributed by atoms with E-state index in [1.807, 2.05) is 0 Å². The normalized spacial score (nSPS) is 14.1. The van der Waals surface area contributed by atoms with Crippen molar-refractivity contribution in [2.45, 2.75) is 12.2 Å². The van der Waals surface area contributed by atoms with E-state index in [0.29, 0.717) is 5.56 Å². The van der Waals surface area contributed by atoms with Gasteiger partial charge in [0.05, 0.1) is 12.6 Å². The molecule has 14 heavy (non-hydrogen) atoms. The molecule has 0 aromatic carbocycles. The fourth-order valence-corrected chi connectivity index (χ4v) is 0.898. The lowest BCUT2D eigenvalue weighted by Gasteiger charge is -2.09. The fourth-order valence-electron chi connectivity index (χ4n) is 0.898.